The molecule has 1 heterocycles. The lowest BCUT2D eigenvalue weighted by molar-refractivity contribution is -0.142. The molecule has 4 aromatic rings. The van der Waals surface area contributed by atoms with Crippen LogP contribution in [0.25, 0.3) is 10.9 Å². The first-order valence-corrected chi connectivity index (χ1v) is 13.0. The van der Waals surface area contributed by atoms with Gasteiger partial charge in [-0.05, 0) is 42.2 Å². The molecule has 6 nitrogen and oxygen atoms in total. The Bertz CT molecular complexity index is 1270. The molecule has 0 aliphatic heterocycles. The lowest BCUT2D eigenvalue weighted by Crippen LogP contribution is -2.45. The van der Waals surface area contributed by atoms with E-state index in [1.807, 2.05) is 83.9 Å². The third-order valence-corrected chi connectivity index (χ3v) is 6.46. The van der Waals surface area contributed by atoms with E-state index in [0.717, 1.165) is 30.3 Å². The highest BCUT2D eigenvalue weighted by atomic mass is 16.5. The highest BCUT2D eigenvalue weighted by molar-refractivity contribution is 5.86. The Morgan fingerprint density at radius 3 is 2.27 bits per heavy atom. The summed E-state index contributed by atoms with van der Waals surface area (Å²) < 4.78 is 5.68. The van der Waals surface area contributed by atoms with E-state index in [1.165, 1.54) is 10.9 Å². The number of aromatic nitrogens is 1. The van der Waals surface area contributed by atoms with Crippen LogP contribution in [0.5, 0.6) is 5.75 Å². The van der Waals surface area contributed by atoms with Gasteiger partial charge in [0.15, 0.2) is 6.61 Å². The maximum Gasteiger partial charge on any atom is 0.260 e. The number of para-hydroxylation sites is 2. The number of nitrogens with zero attached hydrogens (tertiary/aromatic N) is 2. The molecule has 1 N–H and O–H groups in total. The van der Waals surface area contributed by atoms with Crippen LogP contribution in [0.15, 0.2) is 91.1 Å². The van der Waals surface area contributed by atoms with Crippen molar-refractivity contribution in [1.29, 1.82) is 0 Å². The first kappa shape index (κ1) is 26.0. The third kappa shape index (κ3) is 7.46. The Morgan fingerprint density at radius 2 is 1.51 bits per heavy atom. The predicted molar refractivity (Wildman–Crippen MR) is 147 cm³/mol. The van der Waals surface area contributed by atoms with Gasteiger partial charge in [0.25, 0.3) is 5.91 Å². The minimum atomic E-state index is -0.179. The van der Waals surface area contributed by atoms with E-state index in [1.54, 1.807) is 4.90 Å². The van der Waals surface area contributed by atoms with Crippen LogP contribution >= 0.6 is 0 Å². The summed E-state index contributed by atoms with van der Waals surface area (Å²) in [5.41, 5.74) is 3.33. The van der Waals surface area contributed by atoms with E-state index < -0.39 is 0 Å². The largest absolute Gasteiger partial charge is 0.484 e. The molecule has 6 heteroatoms. The fraction of sp³-hybridized carbons (Fsp3) is 0.290. The van der Waals surface area contributed by atoms with Crippen LogP contribution < -0.4 is 4.74 Å². The van der Waals surface area contributed by atoms with Crippen molar-refractivity contribution in [1.82, 2.24) is 14.8 Å². The standard InChI is InChI=1S/C31H35N3O3/c1-2-3-19-33(31(36)24-37-27-14-8-5-9-15-27)23-30(35)34(22-25-12-6-4-7-13-25)20-18-26-21-32-29-17-11-10-16-28(26)29/h4-17,21,32H,2-3,18-20,22-24H2,1H3. The van der Waals surface area contributed by atoms with Crippen LogP contribution in [0.1, 0.15) is 30.9 Å². The molecule has 4 rings (SSSR count). The van der Waals surface area contributed by atoms with Gasteiger partial charge in [0.2, 0.25) is 5.91 Å². The number of benzene rings is 3. The van der Waals surface area contributed by atoms with E-state index in [9.17, 15) is 9.59 Å². The number of nitrogens with one attached hydrogen (secondary N) is 1. The smallest absolute Gasteiger partial charge is 0.260 e. The number of amides is 2. The number of H-pyrrole nitrogens is 1. The monoisotopic (exact) mass is 497 g/mol. The van der Waals surface area contributed by atoms with Gasteiger partial charge in [-0.2, -0.15) is 0 Å². The average molecular weight is 498 g/mol. The zero-order chi connectivity index (χ0) is 25.9. The van der Waals surface area contributed by atoms with Crippen molar-refractivity contribution in [3.63, 3.8) is 0 Å². The van der Waals surface area contributed by atoms with Crippen molar-refractivity contribution in [2.45, 2.75) is 32.7 Å². The number of rotatable bonds is 13. The second kappa shape index (κ2) is 13.3. The fourth-order valence-electron chi connectivity index (χ4n) is 4.35. The zero-order valence-corrected chi connectivity index (χ0v) is 21.4. The van der Waals surface area contributed by atoms with Crippen LogP contribution in [0.3, 0.4) is 0 Å². The Labute approximate surface area is 218 Å². The van der Waals surface area contributed by atoms with Crippen LogP contribution in [-0.2, 0) is 22.6 Å². The molecule has 0 bridgehead atoms. The van der Waals surface area contributed by atoms with E-state index >= 15 is 0 Å². The minimum absolute atomic E-state index is 0.0394. The van der Waals surface area contributed by atoms with Crippen LogP contribution in [0, 0.1) is 0 Å². The molecule has 37 heavy (non-hydrogen) atoms. The number of hydrogen-bond donors (Lipinski definition) is 1. The zero-order valence-electron chi connectivity index (χ0n) is 21.4. The van der Waals surface area contributed by atoms with Gasteiger partial charge >= 0.3 is 0 Å². The Morgan fingerprint density at radius 1 is 0.811 bits per heavy atom. The lowest BCUT2D eigenvalue weighted by Gasteiger charge is -2.28. The summed E-state index contributed by atoms with van der Waals surface area (Å²) >= 11 is 0. The van der Waals surface area contributed by atoms with Gasteiger partial charge in [0.1, 0.15) is 5.75 Å². The second-order valence-electron chi connectivity index (χ2n) is 9.18. The number of carbonyl (C=O) groups excluding carboxylic acids is 2. The van der Waals surface area contributed by atoms with Crippen molar-refractivity contribution in [3.8, 4) is 5.75 Å². The van der Waals surface area contributed by atoms with Gasteiger partial charge in [0.05, 0.1) is 6.54 Å². The molecule has 1 aromatic heterocycles. The fourth-order valence-corrected chi connectivity index (χ4v) is 4.35. The number of carbonyl (C=O) groups is 2. The molecule has 0 saturated heterocycles. The van der Waals surface area contributed by atoms with Crippen molar-refractivity contribution in [3.05, 3.63) is 102 Å². The van der Waals surface area contributed by atoms with E-state index in [2.05, 4.69) is 24.0 Å². The van der Waals surface area contributed by atoms with Crippen LogP contribution in [0.4, 0.5) is 0 Å². The Balaban J connectivity index is 1.45. The average Bonchev–Trinajstić information content (AvgIpc) is 3.36. The molecule has 192 valence electrons. The number of ether oxygens (including phenoxy) is 1. The highest BCUT2D eigenvalue weighted by Gasteiger charge is 2.22. The van der Waals surface area contributed by atoms with Crippen molar-refractivity contribution in [2.24, 2.45) is 0 Å². The summed E-state index contributed by atoms with van der Waals surface area (Å²) in [6.07, 6.45) is 4.51. The van der Waals surface area contributed by atoms with Gasteiger partial charge in [-0.15, -0.1) is 0 Å². The second-order valence-corrected chi connectivity index (χ2v) is 9.18. The maximum atomic E-state index is 13.6. The summed E-state index contributed by atoms with van der Waals surface area (Å²) in [7, 11) is 0. The number of unbranched alkanes of at least 4 members (excludes halogenated alkanes) is 1. The maximum absolute atomic E-state index is 13.6. The van der Waals surface area contributed by atoms with Crippen molar-refractivity contribution < 1.29 is 14.3 Å². The Kier molecular flexibility index (Phi) is 9.35. The minimum Gasteiger partial charge on any atom is -0.484 e. The number of hydrogen-bond acceptors (Lipinski definition) is 3. The first-order chi connectivity index (χ1) is 18.1. The Hall–Kier alpha value is -4.06. The summed E-state index contributed by atoms with van der Waals surface area (Å²) in [5.74, 6) is 0.400. The van der Waals surface area contributed by atoms with Gasteiger partial charge in [0, 0.05) is 36.7 Å². The van der Waals surface area contributed by atoms with Gasteiger partial charge in [-0.3, -0.25) is 9.59 Å². The molecular formula is C31H35N3O3. The summed E-state index contributed by atoms with van der Waals surface area (Å²) in [5, 5.41) is 1.17. The normalized spacial score (nSPS) is 10.8. The molecule has 0 saturated carbocycles. The van der Waals surface area contributed by atoms with Gasteiger partial charge < -0.3 is 19.5 Å². The number of fused-ring (bicyclic) bond motifs is 1. The van der Waals surface area contributed by atoms with Crippen LogP contribution in [0.2, 0.25) is 0 Å². The van der Waals surface area contributed by atoms with Crippen LogP contribution in [-0.4, -0.2) is 52.8 Å². The van der Waals surface area contributed by atoms with E-state index in [4.69, 9.17) is 4.74 Å². The molecular weight excluding hydrogens is 462 g/mol. The van der Waals surface area contributed by atoms with Gasteiger partial charge in [-0.25, -0.2) is 0 Å². The molecule has 0 aliphatic rings. The summed E-state index contributed by atoms with van der Waals surface area (Å²) in [6, 6.07) is 27.5. The highest BCUT2D eigenvalue weighted by Crippen LogP contribution is 2.19. The molecule has 0 aliphatic carbocycles. The van der Waals surface area contributed by atoms with E-state index in [-0.39, 0.29) is 25.0 Å². The molecule has 3 aromatic carbocycles. The number of aromatic amines is 1. The molecule has 0 spiro atoms. The summed E-state index contributed by atoms with van der Waals surface area (Å²) in [4.78, 5) is 33.5. The molecule has 0 unspecified atom stereocenters. The van der Waals surface area contributed by atoms with Gasteiger partial charge in [-0.1, -0.05) is 80.1 Å². The SMILES string of the molecule is CCCCN(CC(=O)N(CCc1c[nH]c2ccccc12)Cc1ccccc1)C(=O)COc1ccccc1. The summed E-state index contributed by atoms with van der Waals surface area (Å²) in [6.45, 7) is 3.62. The molecule has 0 atom stereocenters. The topological polar surface area (TPSA) is 65.6 Å². The van der Waals surface area contributed by atoms with Crippen molar-refractivity contribution >= 4 is 22.7 Å². The molecule has 0 fully saturated rings. The quantitative estimate of drug-likeness (QED) is 0.267. The van der Waals surface area contributed by atoms with E-state index in [0.29, 0.717) is 25.4 Å². The molecule has 0 radical (unpaired) electrons. The first-order valence-electron chi connectivity index (χ1n) is 13.0. The predicted octanol–water partition coefficient (Wildman–Crippen LogP) is 5.45. The molecule has 2 amide bonds. The third-order valence-electron chi connectivity index (χ3n) is 6.46. The van der Waals surface area contributed by atoms with Crippen molar-refractivity contribution in [2.75, 3.05) is 26.2 Å². The lowest BCUT2D eigenvalue weighted by atomic mass is 10.1.